The number of hydrogen-bond acceptors (Lipinski definition) is 3. The molecule has 4 rings (SSSR count). The maximum atomic E-state index is 13.2. The second kappa shape index (κ2) is 10.0. The first-order chi connectivity index (χ1) is 17.0. The maximum absolute atomic E-state index is 13.2. The van der Waals surface area contributed by atoms with E-state index in [9.17, 15) is 22.8 Å². The number of nitrogens with one attached hydrogen (secondary N) is 2. The fourth-order valence-electron chi connectivity index (χ4n) is 3.41. The lowest BCUT2D eigenvalue weighted by Crippen LogP contribution is -2.14. The van der Waals surface area contributed by atoms with E-state index in [4.69, 9.17) is 11.6 Å². The van der Waals surface area contributed by atoms with Crippen molar-refractivity contribution in [1.29, 1.82) is 0 Å². The van der Waals surface area contributed by atoms with E-state index in [2.05, 4.69) is 27.5 Å². The number of halogens is 4. The minimum absolute atomic E-state index is 0.0208. The van der Waals surface area contributed by atoms with Gasteiger partial charge in [-0.1, -0.05) is 35.6 Å². The van der Waals surface area contributed by atoms with E-state index in [1.165, 1.54) is 25.3 Å². The lowest BCUT2D eigenvalue weighted by molar-refractivity contribution is -0.138. The van der Waals surface area contributed by atoms with Gasteiger partial charge in [0.05, 0.1) is 10.6 Å². The van der Waals surface area contributed by atoms with Gasteiger partial charge >= 0.3 is 6.18 Å². The molecule has 1 aromatic heterocycles. The molecule has 5 nitrogen and oxygen atoms in total. The second-order valence-corrected chi connectivity index (χ2v) is 8.99. The number of carbonyl (C=O) groups is 2. The first-order valence-corrected chi connectivity index (χ1v) is 11.5. The summed E-state index contributed by atoms with van der Waals surface area (Å²) in [6, 6.07) is 10.1. The van der Waals surface area contributed by atoms with E-state index >= 15 is 0 Å². The summed E-state index contributed by atoms with van der Waals surface area (Å²) < 4.78 is 39.6. The van der Waals surface area contributed by atoms with Crippen LogP contribution in [0.4, 0.5) is 24.7 Å². The highest BCUT2D eigenvalue weighted by Crippen LogP contribution is 2.34. The molecule has 0 unspecified atom stereocenters. The molecule has 0 spiro atoms. The number of pyridine rings is 1. The Bertz CT molecular complexity index is 1420. The van der Waals surface area contributed by atoms with Crippen molar-refractivity contribution in [2.24, 2.45) is 5.92 Å². The predicted molar refractivity (Wildman–Crippen MR) is 132 cm³/mol. The van der Waals surface area contributed by atoms with Crippen molar-refractivity contribution < 1.29 is 22.8 Å². The Labute approximate surface area is 211 Å². The fraction of sp³-hybridized carbons (Fsp3) is 0.222. The van der Waals surface area contributed by atoms with Gasteiger partial charge in [0.15, 0.2) is 5.82 Å². The molecule has 1 fully saturated rings. The summed E-state index contributed by atoms with van der Waals surface area (Å²) in [5, 5.41) is 5.47. The molecule has 9 heteroatoms. The Morgan fingerprint density at radius 3 is 2.39 bits per heavy atom. The fourth-order valence-corrected chi connectivity index (χ4v) is 3.62. The van der Waals surface area contributed by atoms with E-state index in [1.807, 2.05) is 6.92 Å². The first-order valence-electron chi connectivity index (χ1n) is 11.1. The number of alkyl halides is 3. The molecule has 2 aromatic carbocycles. The zero-order chi connectivity index (χ0) is 26.0. The third-order valence-corrected chi connectivity index (χ3v) is 5.96. The average molecular weight is 512 g/mol. The van der Waals surface area contributed by atoms with Crippen LogP contribution in [0, 0.1) is 31.6 Å². The van der Waals surface area contributed by atoms with Crippen molar-refractivity contribution >= 4 is 34.9 Å². The van der Waals surface area contributed by atoms with Crippen LogP contribution in [0.1, 0.15) is 51.0 Å². The quantitative estimate of drug-likeness (QED) is 0.400. The van der Waals surface area contributed by atoms with E-state index in [0.717, 1.165) is 24.5 Å². The van der Waals surface area contributed by atoms with Gasteiger partial charge < -0.3 is 10.6 Å². The summed E-state index contributed by atoms with van der Waals surface area (Å²) in [4.78, 5) is 28.8. The number of amides is 2. The molecule has 0 saturated heterocycles. The Balaban J connectivity index is 1.51. The summed E-state index contributed by atoms with van der Waals surface area (Å²) in [6.45, 7) is 3.18. The second-order valence-electron chi connectivity index (χ2n) is 8.58. The lowest BCUT2D eigenvalue weighted by atomic mass is 10.0. The van der Waals surface area contributed by atoms with E-state index < -0.39 is 17.6 Å². The molecule has 184 valence electrons. The monoisotopic (exact) mass is 511 g/mol. The molecule has 1 saturated carbocycles. The number of aromatic nitrogens is 1. The van der Waals surface area contributed by atoms with Crippen LogP contribution in [-0.2, 0) is 11.0 Å². The van der Waals surface area contributed by atoms with Crippen LogP contribution in [0.15, 0.2) is 48.7 Å². The molecule has 36 heavy (non-hydrogen) atoms. The number of aryl methyl sites for hydroxylation is 2. The van der Waals surface area contributed by atoms with Gasteiger partial charge in [-0.3, -0.25) is 9.59 Å². The zero-order valence-electron chi connectivity index (χ0n) is 19.4. The predicted octanol–water partition coefficient (Wildman–Crippen LogP) is 6.37. The van der Waals surface area contributed by atoms with Crippen LogP contribution >= 0.6 is 11.6 Å². The third-order valence-electron chi connectivity index (χ3n) is 5.67. The van der Waals surface area contributed by atoms with Crippen LogP contribution in [0.5, 0.6) is 0 Å². The first kappa shape index (κ1) is 25.3. The molecule has 1 aliphatic rings. The van der Waals surface area contributed by atoms with Crippen molar-refractivity contribution in [2.45, 2.75) is 32.9 Å². The van der Waals surface area contributed by atoms with Crippen molar-refractivity contribution in [3.8, 4) is 11.8 Å². The summed E-state index contributed by atoms with van der Waals surface area (Å²) >= 11 is 6.24. The van der Waals surface area contributed by atoms with Crippen LogP contribution in [0.3, 0.4) is 0 Å². The summed E-state index contributed by atoms with van der Waals surface area (Å²) in [7, 11) is 0. The maximum Gasteiger partial charge on any atom is 0.416 e. The Kier molecular flexibility index (Phi) is 7.04. The largest absolute Gasteiger partial charge is 0.416 e. The third kappa shape index (κ3) is 6.04. The molecule has 0 bridgehead atoms. The van der Waals surface area contributed by atoms with E-state index in [0.29, 0.717) is 11.1 Å². The lowest BCUT2D eigenvalue weighted by Gasteiger charge is -2.13. The standard InChI is InChI=1S/C27H21ClF3N3O2/c1-15-3-6-20(26(36)33-21-10-4-16(2)22(13-21)27(29,30)31)12-19(15)7-5-17-11-23(28)24(32-14-17)34-25(35)18-8-9-18/h3-4,6,10-14,18H,8-9H2,1-2H3,(H,33,36)(H,32,34,35). The van der Waals surface area contributed by atoms with Crippen molar-refractivity contribution in [3.63, 3.8) is 0 Å². The number of rotatable bonds is 4. The van der Waals surface area contributed by atoms with Crippen LogP contribution in [-0.4, -0.2) is 16.8 Å². The normalized spacial score (nSPS) is 12.9. The van der Waals surface area contributed by atoms with Gasteiger partial charge in [-0.2, -0.15) is 13.2 Å². The van der Waals surface area contributed by atoms with Gasteiger partial charge in [-0.25, -0.2) is 4.98 Å². The molecular weight excluding hydrogens is 491 g/mol. The minimum Gasteiger partial charge on any atom is -0.322 e. The highest BCUT2D eigenvalue weighted by Gasteiger charge is 2.32. The van der Waals surface area contributed by atoms with Gasteiger partial charge in [0.25, 0.3) is 5.91 Å². The molecule has 0 atom stereocenters. The minimum atomic E-state index is -4.52. The molecule has 0 radical (unpaired) electrons. The van der Waals surface area contributed by atoms with Gasteiger partial charge in [0.1, 0.15) is 0 Å². The van der Waals surface area contributed by atoms with Crippen molar-refractivity contribution in [3.05, 3.63) is 87.1 Å². The van der Waals surface area contributed by atoms with Crippen LogP contribution in [0.25, 0.3) is 0 Å². The number of carbonyl (C=O) groups excluding carboxylic acids is 2. The molecule has 1 heterocycles. The van der Waals surface area contributed by atoms with Gasteiger partial charge in [-0.05, 0) is 68.1 Å². The van der Waals surface area contributed by atoms with E-state index in [1.54, 1.807) is 24.3 Å². The number of hydrogen-bond donors (Lipinski definition) is 2. The van der Waals surface area contributed by atoms with Crippen LogP contribution < -0.4 is 10.6 Å². The number of nitrogens with zero attached hydrogens (tertiary/aromatic N) is 1. The molecular formula is C27H21ClF3N3O2. The van der Waals surface area contributed by atoms with Gasteiger partial charge in [0.2, 0.25) is 5.91 Å². The smallest absolute Gasteiger partial charge is 0.322 e. The summed E-state index contributed by atoms with van der Waals surface area (Å²) in [6.07, 6.45) is -1.30. The average Bonchev–Trinajstić information content (AvgIpc) is 3.66. The van der Waals surface area contributed by atoms with Crippen molar-refractivity contribution in [1.82, 2.24) is 4.98 Å². The zero-order valence-corrected chi connectivity index (χ0v) is 20.1. The molecule has 1 aliphatic carbocycles. The Morgan fingerprint density at radius 2 is 1.72 bits per heavy atom. The Morgan fingerprint density at radius 1 is 1.00 bits per heavy atom. The Hall–Kier alpha value is -3.83. The molecule has 2 N–H and O–H groups in total. The van der Waals surface area contributed by atoms with E-state index in [-0.39, 0.29) is 39.5 Å². The van der Waals surface area contributed by atoms with Crippen LogP contribution in [0.2, 0.25) is 5.02 Å². The topological polar surface area (TPSA) is 71.1 Å². The molecule has 3 aromatic rings. The SMILES string of the molecule is Cc1ccc(C(=O)Nc2ccc(C)c(C(F)(F)F)c2)cc1C#Cc1cnc(NC(=O)C2CC2)c(Cl)c1. The van der Waals surface area contributed by atoms with Gasteiger partial charge in [-0.15, -0.1) is 0 Å². The summed E-state index contributed by atoms with van der Waals surface area (Å²) in [5.74, 6) is 5.55. The number of benzene rings is 2. The highest BCUT2D eigenvalue weighted by molar-refractivity contribution is 6.33. The number of anilines is 2. The summed E-state index contributed by atoms with van der Waals surface area (Å²) in [5.41, 5.74) is 1.43. The molecule has 2 amide bonds. The molecule has 0 aliphatic heterocycles. The highest BCUT2D eigenvalue weighted by atomic mass is 35.5. The van der Waals surface area contributed by atoms with Crippen molar-refractivity contribution in [2.75, 3.05) is 10.6 Å². The van der Waals surface area contributed by atoms with Gasteiger partial charge in [0, 0.05) is 34.5 Å².